The summed E-state index contributed by atoms with van der Waals surface area (Å²) in [5.41, 5.74) is 13.0. The molecule has 0 aliphatic rings. The van der Waals surface area contributed by atoms with Crippen LogP contribution in [-0.4, -0.2) is 18.4 Å². The monoisotopic (exact) mass is 283 g/mol. The van der Waals surface area contributed by atoms with Crippen molar-refractivity contribution in [3.63, 3.8) is 0 Å². The minimum absolute atomic E-state index is 0.281. The summed E-state index contributed by atoms with van der Waals surface area (Å²) < 4.78 is 0. The lowest BCUT2D eigenvalue weighted by Gasteiger charge is -2.09. The molecule has 0 aromatic heterocycles. The molecule has 0 heterocycles. The number of primary amides is 1. The maximum absolute atomic E-state index is 12.3. The summed E-state index contributed by atoms with van der Waals surface area (Å²) in [5.74, 6) is -0.870. The average Bonchev–Trinajstić information content (AvgIpc) is 2.48. The van der Waals surface area contributed by atoms with Crippen molar-refractivity contribution in [1.82, 2.24) is 0 Å². The van der Waals surface area contributed by atoms with Crippen LogP contribution in [0.4, 0.5) is 5.69 Å². The number of carbonyl (C=O) groups excluding carboxylic acids is 2. The van der Waals surface area contributed by atoms with Gasteiger partial charge in [-0.05, 0) is 42.8 Å². The molecule has 2 rings (SSSR count). The highest BCUT2D eigenvalue weighted by atomic mass is 16.2. The molecular weight excluding hydrogens is 266 g/mol. The van der Waals surface area contributed by atoms with Crippen molar-refractivity contribution < 1.29 is 9.59 Å². The summed E-state index contributed by atoms with van der Waals surface area (Å²) >= 11 is 0. The van der Waals surface area contributed by atoms with Gasteiger partial charge in [0.25, 0.3) is 11.8 Å². The van der Waals surface area contributed by atoms with Gasteiger partial charge in [0.15, 0.2) is 0 Å². The maximum atomic E-state index is 12.3. The Labute approximate surface area is 123 Å². The Morgan fingerprint density at radius 1 is 1.05 bits per heavy atom. The van der Waals surface area contributed by atoms with E-state index in [9.17, 15) is 9.59 Å². The second kappa shape index (κ2) is 6.67. The van der Waals surface area contributed by atoms with E-state index < -0.39 is 5.91 Å². The van der Waals surface area contributed by atoms with E-state index in [1.54, 1.807) is 42.5 Å². The highest BCUT2D eigenvalue weighted by Gasteiger charge is 2.11. The summed E-state index contributed by atoms with van der Waals surface area (Å²) in [5, 5.41) is 2.71. The fraction of sp³-hybridized carbons (Fsp3) is 0.125. The number of amides is 2. The molecule has 0 radical (unpaired) electrons. The third-order valence-corrected chi connectivity index (χ3v) is 3.06. The van der Waals surface area contributed by atoms with Crippen molar-refractivity contribution in [2.24, 2.45) is 11.5 Å². The van der Waals surface area contributed by atoms with Crippen LogP contribution in [0.15, 0.2) is 48.5 Å². The number of nitrogens with two attached hydrogens (primary N) is 2. The molecule has 0 bridgehead atoms. The van der Waals surface area contributed by atoms with Crippen molar-refractivity contribution in [1.29, 1.82) is 0 Å². The first-order valence-electron chi connectivity index (χ1n) is 6.61. The predicted molar refractivity (Wildman–Crippen MR) is 82.1 cm³/mol. The largest absolute Gasteiger partial charge is 0.366 e. The highest BCUT2D eigenvalue weighted by Crippen LogP contribution is 2.16. The molecule has 0 aliphatic carbocycles. The number of nitrogens with one attached hydrogen (secondary N) is 1. The van der Waals surface area contributed by atoms with E-state index in [2.05, 4.69) is 5.32 Å². The van der Waals surface area contributed by atoms with E-state index in [-0.39, 0.29) is 11.5 Å². The molecule has 2 aromatic carbocycles. The minimum atomic E-state index is -0.581. The van der Waals surface area contributed by atoms with Crippen LogP contribution < -0.4 is 16.8 Å². The summed E-state index contributed by atoms with van der Waals surface area (Å²) in [4.78, 5) is 23.6. The predicted octanol–water partition coefficient (Wildman–Crippen LogP) is 1.54. The van der Waals surface area contributed by atoms with Gasteiger partial charge in [-0.3, -0.25) is 9.59 Å². The lowest BCUT2D eigenvalue weighted by Crippen LogP contribution is -2.18. The van der Waals surface area contributed by atoms with Crippen LogP contribution in [-0.2, 0) is 6.42 Å². The SMILES string of the molecule is NCCc1cccc(C(=O)Nc2ccccc2C(N)=O)c1. The van der Waals surface area contributed by atoms with Gasteiger partial charge in [0, 0.05) is 5.56 Å². The van der Waals surface area contributed by atoms with Crippen LogP contribution >= 0.6 is 0 Å². The van der Waals surface area contributed by atoms with E-state index >= 15 is 0 Å². The zero-order valence-electron chi connectivity index (χ0n) is 11.5. The van der Waals surface area contributed by atoms with Gasteiger partial charge in [0.2, 0.25) is 0 Å². The molecule has 0 fully saturated rings. The Kier molecular flexibility index (Phi) is 4.68. The third-order valence-electron chi connectivity index (χ3n) is 3.06. The summed E-state index contributed by atoms with van der Waals surface area (Å²) in [6.45, 7) is 0.523. The number of hydrogen-bond acceptors (Lipinski definition) is 3. The molecule has 0 atom stereocenters. The Balaban J connectivity index is 2.22. The van der Waals surface area contributed by atoms with E-state index in [1.807, 2.05) is 6.07 Å². The van der Waals surface area contributed by atoms with Crippen LogP contribution in [0.1, 0.15) is 26.3 Å². The van der Waals surface area contributed by atoms with Crippen molar-refractivity contribution in [2.45, 2.75) is 6.42 Å². The topological polar surface area (TPSA) is 98.2 Å². The smallest absolute Gasteiger partial charge is 0.255 e. The molecule has 2 amide bonds. The number of para-hydroxylation sites is 1. The van der Waals surface area contributed by atoms with Crippen molar-refractivity contribution >= 4 is 17.5 Å². The first-order valence-corrected chi connectivity index (χ1v) is 6.61. The summed E-state index contributed by atoms with van der Waals surface area (Å²) in [6, 6.07) is 13.9. The van der Waals surface area contributed by atoms with E-state index in [1.165, 1.54) is 0 Å². The van der Waals surface area contributed by atoms with Crippen LogP contribution in [0, 0.1) is 0 Å². The molecule has 5 N–H and O–H groups in total. The fourth-order valence-electron chi connectivity index (χ4n) is 2.04. The molecule has 108 valence electrons. The molecule has 0 aliphatic heterocycles. The summed E-state index contributed by atoms with van der Waals surface area (Å²) in [6.07, 6.45) is 0.707. The van der Waals surface area contributed by atoms with Crippen LogP contribution in [0.2, 0.25) is 0 Å². The number of carbonyl (C=O) groups is 2. The van der Waals surface area contributed by atoms with Crippen molar-refractivity contribution in [3.8, 4) is 0 Å². The Morgan fingerprint density at radius 3 is 2.52 bits per heavy atom. The summed E-state index contributed by atoms with van der Waals surface area (Å²) in [7, 11) is 0. The van der Waals surface area contributed by atoms with Gasteiger partial charge in [0.1, 0.15) is 0 Å². The molecular formula is C16H17N3O2. The van der Waals surface area contributed by atoms with Gasteiger partial charge in [-0.15, -0.1) is 0 Å². The van der Waals surface area contributed by atoms with Gasteiger partial charge in [-0.1, -0.05) is 24.3 Å². The zero-order valence-corrected chi connectivity index (χ0v) is 11.5. The second-order valence-electron chi connectivity index (χ2n) is 4.60. The number of rotatable bonds is 5. The molecule has 5 nitrogen and oxygen atoms in total. The van der Waals surface area contributed by atoms with Crippen LogP contribution in [0.25, 0.3) is 0 Å². The Bertz CT molecular complexity index is 668. The molecule has 0 spiro atoms. The Morgan fingerprint density at radius 2 is 1.81 bits per heavy atom. The number of anilines is 1. The van der Waals surface area contributed by atoms with E-state index in [0.29, 0.717) is 24.2 Å². The van der Waals surface area contributed by atoms with Gasteiger partial charge in [-0.2, -0.15) is 0 Å². The standard InChI is InChI=1S/C16H17N3O2/c17-9-8-11-4-3-5-12(10-11)16(21)19-14-7-2-1-6-13(14)15(18)20/h1-7,10H,8-9,17H2,(H2,18,20)(H,19,21). The average molecular weight is 283 g/mol. The first kappa shape index (κ1) is 14.7. The van der Waals surface area contributed by atoms with Crippen molar-refractivity contribution in [2.75, 3.05) is 11.9 Å². The quantitative estimate of drug-likeness (QED) is 0.776. The van der Waals surface area contributed by atoms with Crippen LogP contribution in [0.3, 0.4) is 0 Å². The molecule has 0 saturated carbocycles. The molecule has 5 heteroatoms. The lowest BCUT2D eigenvalue weighted by atomic mass is 10.1. The van der Waals surface area contributed by atoms with Gasteiger partial charge in [0.05, 0.1) is 11.3 Å². The van der Waals surface area contributed by atoms with E-state index in [4.69, 9.17) is 11.5 Å². The number of benzene rings is 2. The molecule has 2 aromatic rings. The molecule has 21 heavy (non-hydrogen) atoms. The molecule has 0 saturated heterocycles. The third kappa shape index (κ3) is 3.67. The van der Waals surface area contributed by atoms with E-state index in [0.717, 1.165) is 5.56 Å². The second-order valence-corrected chi connectivity index (χ2v) is 4.60. The normalized spacial score (nSPS) is 10.1. The Hall–Kier alpha value is -2.66. The number of hydrogen-bond donors (Lipinski definition) is 3. The van der Waals surface area contributed by atoms with Crippen LogP contribution in [0.5, 0.6) is 0 Å². The minimum Gasteiger partial charge on any atom is -0.366 e. The lowest BCUT2D eigenvalue weighted by molar-refractivity contribution is 0.100. The van der Waals surface area contributed by atoms with Gasteiger partial charge in [-0.25, -0.2) is 0 Å². The zero-order chi connectivity index (χ0) is 15.2. The first-order chi connectivity index (χ1) is 10.1. The fourth-order valence-corrected chi connectivity index (χ4v) is 2.04. The van der Waals surface area contributed by atoms with Gasteiger partial charge >= 0.3 is 0 Å². The highest BCUT2D eigenvalue weighted by molar-refractivity contribution is 6.08. The molecule has 0 unspecified atom stereocenters. The van der Waals surface area contributed by atoms with Gasteiger partial charge < -0.3 is 16.8 Å². The van der Waals surface area contributed by atoms with Crippen molar-refractivity contribution in [3.05, 3.63) is 65.2 Å². The maximum Gasteiger partial charge on any atom is 0.255 e.